The molecule has 3 heterocycles. The third-order valence-electron chi connectivity index (χ3n) is 4.42. The minimum Gasteiger partial charge on any atom is -0.463 e. The third-order valence-corrected chi connectivity index (χ3v) is 4.42. The maximum absolute atomic E-state index is 12.4. The molecule has 134 valence electrons. The summed E-state index contributed by atoms with van der Waals surface area (Å²) in [6.45, 7) is 0. The molecule has 0 radical (unpaired) electrons. The number of hydrogen-bond acceptors (Lipinski definition) is 6. The van der Waals surface area contributed by atoms with Gasteiger partial charge in [-0.2, -0.15) is 5.10 Å². The minimum atomic E-state index is -0.185. The summed E-state index contributed by atoms with van der Waals surface area (Å²) < 4.78 is 11.1. The number of aromatic amines is 1. The van der Waals surface area contributed by atoms with Crippen molar-refractivity contribution in [1.82, 2.24) is 25.5 Å². The molecule has 2 N–H and O–H groups in total. The Hall–Kier alpha value is -3.16. The zero-order chi connectivity index (χ0) is 17.8. The monoisotopic (exact) mass is 353 g/mol. The van der Waals surface area contributed by atoms with E-state index in [0.717, 1.165) is 25.7 Å². The molecule has 1 saturated carbocycles. The molecule has 4 rings (SSSR count). The molecular formula is C18H19N5O3. The summed E-state index contributed by atoms with van der Waals surface area (Å²) in [7, 11) is 0. The van der Waals surface area contributed by atoms with E-state index in [1.54, 1.807) is 36.9 Å². The van der Waals surface area contributed by atoms with E-state index >= 15 is 0 Å². The van der Waals surface area contributed by atoms with Crippen molar-refractivity contribution in [2.75, 3.05) is 0 Å². The molecule has 3 aromatic heterocycles. The predicted octanol–water partition coefficient (Wildman–Crippen LogP) is 2.58. The molecule has 0 aliphatic heterocycles. The third kappa shape index (κ3) is 3.74. The van der Waals surface area contributed by atoms with Crippen LogP contribution in [-0.2, 0) is 0 Å². The highest BCUT2D eigenvalue weighted by Crippen LogP contribution is 2.23. The average Bonchev–Trinajstić information content (AvgIpc) is 3.36. The number of hydrogen-bond donors (Lipinski definition) is 2. The molecule has 1 aliphatic rings. The van der Waals surface area contributed by atoms with Crippen molar-refractivity contribution in [3.8, 4) is 17.5 Å². The summed E-state index contributed by atoms with van der Waals surface area (Å²) >= 11 is 0. The van der Waals surface area contributed by atoms with E-state index < -0.39 is 0 Å². The molecule has 0 bridgehead atoms. The maximum Gasteiger partial charge on any atom is 0.316 e. The van der Waals surface area contributed by atoms with Gasteiger partial charge >= 0.3 is 6.01 Å². The minimum absolute atomic E-state index is 0.0847. The number of nitrogens with one attached hydrogen (secondary N) is 2. The van der Waals surface area contributed by atoms with Gasteiger partial charge in [-0.1, -0.05) is 0 Å². The maximum atomic E-state index is 12.4. The molecule has 26 heavy (non-hydrogen) atoms. The van der Waals surface area contributed by atoms with Crippen LogP contribution in [0.15, 0.2) is 47.3 Å². The molecular weight excluding hydrogens is 334 g/mol. The summed E-state index contributed by atoms with van der Waals surface area (Å²) in [6, 6.07) is 7.57. The van der Waals surface area contributed by atoms with E-state index in [1.807, 2.05) is 6.07 Å². The van der Waals surface area contributed by atoms with Crippen LogP contribution in [0.4, 0.5) is 0 Å². The lowest BCUT2D eigenvalue weighted by atomic mass is 9.93. The van der Waals surface area contributed by atoms with Gasteiger partial charge in [-0.15, -0.1) is 0 Å². The summed E-state index contributed by atoms with van der Waals surface area (Å²) in [5.41, 5.74) is 1.03. The van der Waals surface area contributed by atoms with Crippen LogP contribution in [0.3, 0.4) is 0 Å². The van der Waals surface area contributed by atoms with E-state index in [0.29, 0.717) is 23.2 Å². The molecule has 0 unspecified atom stereocenters. The molecule has 1 aliphatic carbocycles. The smallest absolute Gasteiger partial charge is 0.316 e. The van der Waals surface area contributed by atoms with Crippen molar-refractivity contribution in [3.05, 3.63) is 48.6 Å². The lowest BCUT2D eigenvalue weighted by Gasteiger charge is -2.28. The fourth-order valence-corrected chi connectivity index (χ4v) is 3.08. The van der Waals surface area contributed by atoms with Gasteiger partial charge in [-0.3, -0.25) is 9.89 Å². The Morgan fingerprint density at radius 1 is 1.19 bits per heavy atom. The van der Waals surface area contributed by atoms with Crippen molar-refractivity contribution >= 4 is 5.91 Å². The highest BCUT2D eigenvalue weighted by molar-refractivity contribution is 5.93. The number of H-pyrrole nitrogens is 1. The number of ether oxygens (including phenoxy) is 1. The molecule has 0 atom stereocenters. The quantitative estimate of drug-likeness (QED) is 0.730. The summed E-state index contributed by atoms with van der Waals surface area (Å²) in [6.07, 6.45) is 8.38. The van der Waals surface area contributed by atoms with E-state index in [1.165, 1.54) is 0 Å². The van der Waals surface area contributed by atoms with E-state index in [9.17, 15) is 4.79 Å². The van der Waals surface area contributed by atoms with Crippen molar-refractivity contribution in [2.45, 2.75) is 37.8 Å². The summed E-state index contributed by atoms with van der Waals surface area (Å²) in [5, 5.41) is 9.93. The van der Waals surface area contributed by atoms with Crippen molar-refractivity contribution in [2.24, 2.45) is 0 Å². The van der Waals surface area contributed by atoms with Gasteiger partial charge in [0, 0.05) is 24.5 Å². The SMILES string of the molecule is O=C(NC1CCC(Oc2ncccn2)CC1)c1cc(-c2ccco2)[nH]n1. The fourth-order valence-electron chi connectivity index (χ4n) is 3.08. The summed E-state index contributed by atoms with van der Waals surface area (Å²) in [4.78, 5) is 20.6. The Labute approximate surface area is 150 Å². The van der Waals surface area contributed by atoms with E-state index in [-0.39, 0.29) is 18.1 Å². The number of furan rings is 1. The van der Waals surface area contributed by atoms with Gasteiger partial charge in [0.05, 0.1) is 6.26 Å². The first-order valence-electron chi connectivity index (χ1n) is 8.62. The van der Waals surface area contributed by atoms with Gasteiger partial charge in [-0.05, 0) is 43.9 Å². The Morgan fingerprint density at radius 2 is 2.00 bits per heavy atom. The van der Waals surface area contributed by atoms with Crippen LogP contribution in [0.1, 0.15) is 36.2 Å². The molecule has 3 aromatic rings. The highest BCUT2D eigenvalue weighted by atomic mass is 16.5. The van der Waals surface area contributed by atoms with Crippen LogP contribution in [0, 0.1) is 0 Å². The molecule has 1 amide bonds. The second kappa shape index (κ2) is 7.38. The largest absolute Gasteiger partial charge is 0.463 e. The van der Waals surface area contributed by atoms with Crippen molar-refractivity contribution < 1.29 is 13.9 Å². The van der Waals surface area contributed by atoms with Crippen LogP contribution >= 0.6 is 0 Å². The topological polar surface area (TPSA) is 106 Å². The van der Waals surface area contributed by atoms with Crippen molar-refractivity contribution in [1.29, 1.82) is 0 Å². The summed E-state index contributed by atoms with van der Waals surface area (Å²) in [5.74, 6) is 0.465. The first kappa shape index (κ1) is 16.3. The normalized spacial score (nSPS) is 19.8. The Kier molecular flexibility index (Phi) is 4.63. The van der Waals surface area contributed by atoms with Gasteiger partial charge in [0.15, 0.2) is 11.5 Å². The fraction of sp³-hybridized carbons (Fsp3) is 0.333. The lowest BCUT2D eigenvalue weighted by molar-refractivity contribution is 0.0880. The van der Waals surface area contributed by atoms with E-state index in [2.05, 4.69) is 25.5 Å². The highest BCUT2D eigenvalue weighted by Gasteiger charge is 2.25. The van der Waals surface area contributed by atoms with Gasteiger partial charge in [-0.25, -0.2) is 9.97 Å². The zero-order valence-electron chi connectivity index (χ0n) is 14.1. The van der Waals surface area contributed by atoms with Crippen LogP contribution in [0.25, 0.3) is 11.5 Å². The molecule has 0 aromatic carbocycles. The Bertz CT molecular complexity index is 839. The number of carbonyl (C=O) groups is 1. The van der Waals surface area contributed by atoms with Crippen LogP contribution < -0.4 is 10.1 Å². The first-order valence-corrected chi connectivity index (χ1v) is 8.62. The molecule has 8 heteroatoms. The number of rotatable bonds is 5. The zero-order valence-corrected chi connectivity index (χ0v) is 14.1. The number of nitrogens with zero attached hydrogens (tertiary/aromatic N) is 3. The van der Waals surface area contributed by atoms with E-state index in [4.69, 9.17) is 9.15 Å². The molecule has 1 fully saturated rings. The second-order valence-corrected chi connectivity index (χ2v) is 6.24. The number of carbonyl (C=O) groups excluding carboxylic acids is 1. The average molecular weight is 353 g/mol. The van der Waals surface area contributed by atoms with Gasteiger partial charge in [0.2, 0.25) is 0 Å². The molecule has 0 saturated heterocycles. The Balaban J connectivity index is 1.28. The lowest BCUT2D eigenvalue weighted by Crippen LogP contribution is -2.40. The van der Waals surface area contributed by atoms with Crippen LogP contribution in [0.2, 0.25) is 0 Å². The first-order chi connectivity index (χ1) is 12.8. The van der Waals surface area contributed by atoms with Gasteiger partial charge in [0.1, 0.15) is 11.8 Å². The standard InChI is InChI=1S/C18H19N5O3/c24-17(15-11-14(22-23-15)16-3-1-10-25-16)21-12-4-6-13(7-5-12)26-18-19-8-2-9-20-18/h1-3,8-13H,4-7H2,(H,21,24)(H,22,23). The van der Waals surface area contributed by atoms with Crippen LogP contribution in [-0.4, -0.2) is 38.2 Å². The van der Waals surface area contributed by atoms with Gasteiger partial charge in [0.25, 0.3) is 5.91 Å². The van der Waals surface area contributed by atoms with Gasteiger partial charge < -0.3 is 14.5 Å². The Morgan fingerprint density at radius 3 is 2.73 bits per heavy atom. The number of aromatic nitrogens is 4. The number of amides is 1. The predicted molar refractivity (Wildman–Crippen MR) is 92.5 cm³/mol. The molecule has 0 spiro atoms. The van der Waals surface area contributed by atoms with Crippen molar-refractivity contribution in [3.63, 3.8) is 0 Å². The second-order valence-electron chi connectivity index (χ2n) is 6.24. The molecule has 8 nitrogen and oxygen atoms in total. The van der Waals surface area contributed by atoms with Crippen LogP contribution in [0.5, 0.6) is 6.01 Å².